The minimum Gasteiger partial charge on any atom is -0.322 e. The van der Waals surface area contributed by atoms with Crippen molar-refractivity contribution in [2.24, 2.45) is 0 Å². The van der Waals surface area contributed by atoms with E-state index in [9.17, 15) is 9.18 Å². The van der Waals surface area contributed by atoms with E-state index in [1.54, 1.807) is 10.9 Å². The van der Waals surface area contributed by atoms with E-state index in [2.05, 4.69) is 16.5 Å². The molecule has 0 atom stereocenters. The molecule has 0 aliphatic carbocycles. The van der Waals surface area contributed by atoms with Crippen LogP contribution in [0, 0.1) is 17.1 Å². The Morgan fingerprint density at radius 3 is 2.79 bits per heavy atom. The molecule has 0 fully saturated rings. The number of nitrogens with one attached hydrogen (secondary N) is 1. The third kappa shape index (κ3) is 3.50. The summed E-state index contributed by atoms with van der Waals surface area (Å²) in [6, 6.07) is 11.4. The average molecular weight is 340 g/mol. The molecular weight excluding hydrogens is 327 g/mol. The number of hydrogen-bond donors (Lipinski definition) is 1. The van der Waals surface area contributed by atoms with Gasteiger partial charge >= 0.3 is 0 Å². The molecule has 0 radical (unpaired) electrons. The number of benzene rings is 1. The fourth-order valence-electron chi connectivity index (χ4n) is 2.19. The van der Waals surface area contributed by atoms with Gasteiger partial charge in [0.25, 0.3) is 5.91 Å². The standard InChI is InChI=1S/C17H13FN4OS/c18-12-4-6-13(7-5-12)20-17(23)14-11-22(9-2-8-19)21-16(14)15-3-1-10-24-15/h1,3-7,10-11H,2,9H2,(H,20,23). The Morgan fingerprint density at radius 1 is 1.33 bits per heavy atom. The minimum atomic E-state index is -0.364. The highest BCUT2D eigenvalue weighted by molar-refractivity contribution is 7.13. The van der Waals surface area contributed by atoms with Crippen molar-refractivity contribution in [2.75, 3.05) is 5.32 Å². The highest BCUT2D eigenvalue weighted by Crippen LogP contribution is 2.27. The topological polar surface area (TPSA) is 70.7 Å². The minimum absolute atomic E-state index is 0.310. The van der Waals surface area contributed by atoms with Gasteiger partial charge in [-0.2, -0.15) is 10.4 Å². The van der Waals surface area contributed by atoms with E-state index in [1.807, 2.05) is 17.5 Å². The molecule has 7 heteroatoms. The summed E-state index contributed by atoms with van der Waals surface area (Å²) in [6.07, 6.45) is 1.94. The van der Waals surface area contributed by atoms with Gasteiger partial charge in [-0.1, -0.05) is 6.07 Å². The lowest BCUT2D eigenvalue weighted by atomic mass is 10.2. The Labute approximate surface area is 142 Å². The van der Waals surface area contributed by atoms with E-state index in [4.69, 9.17) is 5.26 Å². The molecule has 1 aromatic carbocycles. The van der Waals surface area contributed by atoms with Crippen molar-refractivity contribution in [3.05, 3.63) is 59.4 Å². The Hall–Kier alpha value is -2.98. The van der Waals surface area contributed by atoms with Crippen LogP contribution in [0.3, 0.4) is 0 Å². The van der Waals surface area contributed by atoms with Crippen LogP contribution in [-0.2, 0) is 6.54 Å². The number of nitriles is 1. The van der Waals surface area contributed by atoms with Gasteiger partial charge in [-0.3, -0.25) is 9.48 Å². The lowest BCUT2D eigenvalue weighted by Crippen LogP contribution is -2.12. The lowest BCUT2D eigenvalue weighted by molar-refractivity contribution is 0.102. The van der Waals surface area contributed by atoms with Crippen LogP contribution >= 0.6 is 11.3 Å². The van der Waals surface area contributed by atoms with Gasteiger partial charge in [-0.25, -0.2) is 4.39 Å². The first-order valence-corrected chi connectivity index (χ1v) is 8.10. The van der Waals surface area contributed by atoms with Gasteiger partial charge in [0.05, 0.1) is 29.5 Å². The molecule has 24 heavy (non-hydrogen) atoms. The van der Waals surface area contributed by atoms with Crippen LogP contribution in [0.2, 0.25) is 0 Å². The van der Waals surface area contributed by atoms with Crippen LogP contribution < -0.4 is 5.32 Å². The Morgan fingerprint density at radius 2 is 2.12 bits per heavy atom. The van der Waals surface area contributed by atoms with Crippen molar-refractivity contribution in [2.45, 2.75) is 13.0 Å². The number of halogens is 1. The molecule has 0 spiro atoms. The molecule has 3 rings (SSSR count). The third-order valence-electron chi connectivity index (χ3n) is 3.32. The second kappa shape index (κ2) is 7.06. The molecule has 2 aromatic heterocycles. The first kappa shape index (κ1) is 15.9. The highest BCUT2D eigenvalue weighted by atomic mass is 32.1. The third-order valence-corrected chi connectivity index (χ3v) is 4.19. The number of amides is 1. The van der Waals surface area contributed by atoms with Gasteiger partial charge in [0.2, 0.25) is 0 Å². The number of hydrogen-bond acceptors (Lipinski definition) is 4. The zero-order chi connectivity index (χ0) is 16.9. The van der Waals surface area contributed by atoms with Crippen molar-refractivity contribution >= 4 is 22.9 Å². The molecule has 0 saturated carbocycles. The molecule has 1 N–H and O–H groups in total. The van der Waals surface area contributed by atoms with Crippen LogP contribution in [0.4, 0.5) is 10.1 Å². The van der Waals surface area contributed by atoms with Crippen LogP contribution in [0.1, 0.15) is 16.8 Å². The largest absolute Gasteiger partial charge is 0.322 e. The average Bonchev–Trinajstić information content (AvgIpc) is 3.24. The van der Waals surface area contributed by atoms with Crippen molar-refractivity contribution in [3.8, 4) is 16.6 Å². The van der Waals surface area contributed by atoms with E-state index in [1.165, 1.54) is 35.6 Å². The summed E-state index contributed by atoms with van der Waals surface area (Å²) in [5.74, 6) is -0.690. The predicted molar refractivity (Wildman–Crippen MR) is 90.1 cm³/mol. The van der Waals surface area contributed by atoms with Crippen LogP contribution in [0.25, 0.3) is 10.6 Å². The van der Waals surface area contributed by atoms with E-state index >= 15 is 0 Å². The first-order chi connectivity index (χ1) is 11.7. The van der Waals surface area contributed by atoms with Crippen molar-refractivity contribution < 1.29 is 9.18 Å². The predicted octanol–water partition coefficient (Wildman–Crippen LogP) is 3.92. The van der Waals surface area contributed by atoms with Gasteiger partial charge in [0.1, 0.15) is 11.5 Å². The molecule has 5 nitrogen and oxygen atoms in total. The second-order valence-electron chi connectivity index (χ2n) is 5.00. The van der Waals surface area contributed by atoms with Crippen LogP contribution in [0.15, 0.2) is 48.0 Å². The zero-order valence-electron chi connectivity index (χ0n) is 12.6. The molecule has 0 aliphatic heterocycles. The molecule has 3 aromatic rings. The fraction of sp³-hybridized carbons (Fsp3) is 0.118. The van der Waals surface area contributed by atoms with E-state index < -0.39 is 0 Å². The maximum atomic E-state index is 13.0. The smallest absolute Gasteiger partial charge is 0.259 e. The summed E-state index contributed by atoms with van der Waals surface area (Å²) in [5, 5.41) is 17.8. The number of anilines is 1. The summed E-state index contributed by atoms with van der Waals surface area (Å²) in [4.78, 5) is 13.5. The lowest BCUT2D eigenvalue weighted by Gasteiger charge is -2.04. The van der Waals surface area contributed by atoms with Crippen molar-refractivity contribution in [1.82, 2.24) is 9.78 Å². The van der Waals surface area contributed by atoms with Gasteiger partial charge in [-0.05, 0) is 35.7 Å². The van der Waals surface area contributed by atoms with E-state index in [0.717, 1.165) is 4.88 Å². The second-order valence-corrected chi connectivity index (χ2v) is 5.95. The van der Waals surface area contributed by atoms with Gasteiger partial charge in [-0.15, -0.1) is 11.3 Å². The molecule has 120 valence electrons. The zero-order valence-corrected chi connectivity index (χ0v) is 13.4. The van der Waals surface area contributed by atoms with Gasteiger partial charge < -0.3 is 5.32 Å². The Balaban J connectivity index is 1.90. The number of carbonyl (C=O) groups excluding carboxylic acids is 1. The van der Waals surface area contributed by atoms with Gasteiger partial charge in [0.15, 0.2) is 0 Å². The highest BCUT2D eigenvalue weighted by Gasteiger charge is 2.18. The number of nitrogens with zero attached hydrogens (tertiary/aromatic N) is 3. The number of carbonyl (C=O) groups is 1. The van der Waals surface area contributed by atoms with Gasteiger partial charge in [0, 0.05) is 11.9 Å². The summed E-state index contributed by atoms with van der Waals surface area (Å²) >= 11 is 1.48. The van der Waals surface area contributed by atoms with Crippen LogP contribution in [-0.4, -0.2) is 15.7 Å². The normalized spacial score (nSPS) is 10.3. The first-order valence-electron chi connectivity index (χ1n) is 7.22. The Bertz CT molecular complexity index is 878. The van der Waals surface area contributed by atoms with E-state index in [0.29, 0.717) is 29.9 Å². The van der Waals surface area contributed by atoms with E-state index in [-0.39, 0.29) is 11.7 Å². The quantitative estimate of drug-likeness (QED) is 0.765. The molecule has 1 amide bonds. The number of aryl methyl sites for hydroxylation is 1. The summed E-state index contributed by atoms with van der Waals surface area (Å²) in [7, 11) is 0. The molecular formula is C17H13FN4OS. The maximum Gasteiger partial charge on any atom is 0.259 e. The van der Waals surface area contributed by atoms with Crippen molar-refractivity contribution in [1.29, 1.82) is 5.26 Å². The number of rotatable bonds is 5. The molecule has 0 bridgehead atoms. The monoisotopic (exact) mass is 340 g/mol. The van der Waals surface area contributed by atoms with Crippen LogP contribution in [0.5, 0.6) is 0 Å². The maximum absolute atomic E-state index is 13.0. The molecule has 0 unspecified atom stereocenters. The SMILES string of the molecule is N#CCCn1cc(C(=O)Nc2ccc(F)cc2)c(-c2cccs2)n1. The molecule has 2 heterocycles. The summed E-state index contributed by atoms with van der Waals surface area (Å²) in [5.41, 5.74) is 1.49. The summed E-state index contributed by atoms with van der Waals surface area (Å²) in [6.45, 7) is 0.415. The number of aromatic nitrogens is 2. The number of thiophene rings is 1. The van der Waals surface area contributed by atoms with Crippen molar-refractivity contribution in [3.63, 3.8) is 0 Å². The molecule has 0 saturated heterocycles. The fourth-order valence-corrected chi connectivity index (χ4v) is 2.92. The summed E-state index contributed by atoms with van der Waals surface area (Å²) < 4.78 is 14.6. The molecule has 0 aliphatic rings. The Kier molecular flexibility index (Phi) is 4.68.